The minimum absolute atomic E-state index is 0.00880. The highest BCUT2D eigenvalue weighted by Gasteiger charge is 2.30. The number of benzene rings is 2. The van der Waals surface area contributed by atoms with Crippen LogP contribution in [-0.2, 0) is 15.8 Å². The molecular weight excluding hydrogens is 393 g/mol. The average molecular weight is 410 g/mol. The number of aliphatic hydroxyl groups excluding tert-OH is 1. The monoisotopic (exact) mass is 410 g/mol. The summed E-state index contributed by atoms with van der Waals surface area (Å²) in [6.07, 6.45) is -5.25. The molecular formula is C19H17F3N2O5. The van der Waals surface area contributed by atoms with Crippen molar-refractivity contribution in [3.05, 3.63) is 53.6 Å². The number of alkyl halides is 3. The number of fused-ring (bicyclic) bond motifs is 1. The number of aliphatic hydroxyl groups is 1. The summed E-state index contributed by atoms with van der Waals surface area (Å²) in [6, 6.07) is 8.67. The molecule has 7 nitrogen and oxygen atoms in total. The van der Waals surface area contributed by atoms with Gasteiger partial charge in [0.1, 0.15) is 0 Å². The Hall–Kier alpha value is -3.27. The number of ether oxygens (including phenoxy) is 2. The number of nitrogens with one attached hydrogen (secondary N) is 2. The molecule has 0 radical (unpaired) electrons. The lowest BCUT2D eigenvalue weighted by molar-refractivity contribution is -0.137. The van der Waals surface area contributed by atoms with Gasteiger partial charge in [-0.1, -0.05) is 6.07 Å². The summed E-state index contributed by atoms with van der Waals surface area (Å²) >= 11 is 0. The van der Waals surface area contributed by atoms with Gasteiger partial charge in [-0.05, 0) is 48.4 Å². The van der Waals surface area contributed by atoms with Crippen molar-refractivity contribution >= 4 is 17.5 Å². The van der Waals surface area contributed by atoms with E-state index in [1.54, 1.807) is 18.2 Å². The molecule has 1 unspecified atom stereocenters. The molecule has 1 aliphatic heterocycles. The largest absolute Gasteiger partial charge is 0.454 e. The molecule has 29 heavy (non-hydrogen) atoms. The number of amides is 2. The molecule has 2 amide bonds. The molecule has 0 spiro atoms. The number of rotatable bonds is 5. The van der Waals surface area contributed by atoms with Gasteiger partial charge in [0.15, 0.2) is 11.5 Å². The van der Waals surface area contributed by atoms with Gasteiger partial charge in [-0.15, -0.1) is 0 Å². The summed E-state index contributed by atoms with van der Waals surface area (Å²) in [5.74, 6) is -0.902. The van der Waals surface area contributed by atoms with E-state index >= 15 is 0 Å². The van der Waals surface area contributed by atoms with Crippen LogP contribution in [0, 0.1) is 0 Å². The number of anilines is 1. The molecule has 0 bridgehead atoms. The van der Waals surface area contributed by atoms with Gasteiger partial charge in [0.05, 0.1) is 11.7 Å². The van der Waals surface area contributed by atoms with Crippen molar-refractivity contribution in [1.82, 2.24) is 5.32 Å². The number of halogens is 3. The van der Waals surface area contributed by atoms with Gasteiger partial charge in [0.25, 0.3) is 0 Å². The van der Waals surface area contributed by atoms with Crippen molar-refractivity contribution < 1.29 is 37.3 Å². The first-order chi connectivity index (χ1) is 13.7. The summed E-state index contributed by atoms with van der Waals surface area (Å²) in [6.45, 7) is 0.119. The van der Waals surface area contributed by atoms with Crippen molar-refractivity contribution in [3.8, 4) is 11.5 Å². The van der Waals surface area contributed by atoms with E-state index in [1.165, 1.54) is 0 Å². The number of hydrogen-bond acceptors (Lipinski definition) is 5. The van der Waals surface area contributed by atoms with E-state index in [0.29, 0.717) is 17.1 Å². The Morgan fingerprint density at radius 1 is 1.03 bits per heavy atom. The van der Waals surface area contributed by atoms with Gasteiger partial charge >= 0.3 is 18.0 Å². The van der Waals surface area contributed by atoms with Crippen LogP contribution in [-0.4, -0.2) is 30.3 Å². The predicted molar refractivity (Wildman–Crippen MR) is 95.2 cm³/mol. The summed E-state index contributed by atoms with van der Waals surface area (Å²) in [5, 5.41) is 14.7. The van der Waals surface area contributed by atoms with Gasteiger partial charge < -0.3 is 25.2 Å². The zero-order chi connectivity index (χ0) is 21.0. The second-order valence-electron chi connectivity index (χ2n) is 6.20. The zero-order valence-corrected chi connectivity index (χ0v) is 15.0. The van der Waals surface area contributed by atoms with Crippen molar-refractivity contribution in [2.24, 2.45) is 0 Å². The van der Waals surface area contributed by atoms with Crippen LogP contribution in [0.2, 0.25) is 0 Å². The third-order valence-electron chi connectivity index (χ3n) is 4.16. The second-order valence-corrected chi connectivity index (χ2v) is 6.20. The Labute approximate surface area is 163 Å². The highest BCUT2D eigenvalue weighted by atomic mass is 19.4. The lowest BCUT2D eigenvalue weighted by Crippen LogP contribution is -2.36. The van der Waals surface area contributed by atoms with Crippen LogP contribution in [0.5, 0.6) is 11.5 Å². The quantitative estimate of drug-likeness (QED) is 0.659. The van der Waals surface area contributed by atoms with Crippen molar-refractivity contribution in [1.29, 1.82) is 0 Å². The zero-order valence-electron chi connectivity index (χ0n) is 15.0. The molecule has 3 N–H and O–H groups in total. The Morgan fingerprint density at radius 2 is 1.72 bits per heavy atom. The van der Waals surface area contributed by atoms with Crippen molar-refractivity contribution in [3.63, 3.8) is 0 Å². The molecule has 10 heteroatoms. The van der Waals surface area contributed by atoms with E-state index < -0.39 is 29.7 Å². The molecule has 2 aromatic rings. The summed E-state index contributed by atoms with van der Waals surface area (Å²) < 4.78 is 48.0. The van der Waals surface area contributed by atoms with Crippen molar-refractivity contribution in [2.75, 3.05) is 18.7 Å². The molecule has 0 aliphatic carbocycles. The molecule has 154 valence electrons. The van der Waals surface area contributed by atoms with E-state index in [4.69, 9.17) is 9.47 Å². The van der Waals surface area contributed by atoms with Gasteiger partial charge in [-0.3, -0.25) is 9.59 Å². The second kappa shape index (κ2) is 8.39. The predicted octanol–water partition coefficient (Wildman–Crippen LogP) is 2.61. The van der Waals surface area contributed by atoms with E-state index in [-0.39, 0.29) is 25.4 Å². The average Bonchev–Trinajstić information content (AvgIpc) is 3.15. The summed E-state index contributed by atoms with van der Waals surface area (Å²) in [7, 11) is 0. The van der Waals surface area contributed by atoms with Crippen LogP contribution in [0.25, 0.3) is 0 Å². The molecule has 1 atom stereocenters. The normalized spacial score (nSPS) is 13.7. The molecule has 0 fully saturated rings. The first-order valence-corrected chi connectivity index (χ1v) is 8.58. The van der Waals surface area contributed by atoms with Crippen LogP contribution >= 0.6 is 0 Å². The fraction of sp³-hybridized carbons (Fsp3) is 0.263. The maximum Gasteiger partial charge on any atom is 0.416 e. The maximum atomic E-state index is 12.5. The Morgan fingerprint density at radius 3 is 2.41 bits per heavy atom. The minimum Gasteiger partial charge on any atom is -0.454 e. The van der Waals surface area contributed by atoms with Gasteiger partial charge in [0, 0.05) is 12.2 Å². The van der Waals surface area contributed by atoms with Gasteiger partial charge in [-0.2, -0.15) is 13.2 Å². The first kappa shape index (κ1) is 20.5. The SMILES string of the molecule is O=C(NCCC(O)c1ccc2c(c1)OCO2)C(=O)Nc1ccc(C(F)(F)F)cc1. The standard InChI is InChI=1S/C19H17F3N2O5/c20-19(21,22)12-2-4-13(5-3-12)24-18(27)17(26)23-8-7-14(25)11-1-6-15-16(9-11)29-10-28-15/h1-6,9,14,25H,7-8,10H2,(H,23,26)(H,24,27). The highest BCUT2D eigenvalue weighted by molar-refractivity contribution is 6.39. The molecule has 0 aromatic heterocycles. The molecule has 3 rings (SSSR count). The van der Waals surface area contributed by atoms with E-state index in [0.717, 1.165) is 24.3 Å². The third kappa shape index (κ3) is 5.17. The third-order valence-corrected chi connectivity index (χ3v) is 4.16. The molecule has 1 heterocycles. The Kier molecular flexibility index (Phi) is 5.92. The van der Waals surface area contributed by atoms with E-state index in [1.807, 2.05) is 0 Å². The molecule has 0 saturated carbocycles. The fourth-order valence-electron chi connectivity index (χ4n) is 2.62. The summed E-state index contributed by atoms with van der Waals surface area (Å²) in [4.78, 5) is 23.7. The minimum atomic E-state index is -4.49. The van der Waals surface area contributed by atoms with Crippen LogP contribution in [0.1, 0.15) is 23.7 Å². The molecule has 2 aromatic carbocycles. The fourth-order valence-corrected chi connectivity index (χ4v) is 2.62. The van der Waals surface area contributed by atoms with Gasteiger partial charge in [-0.25, -0.2) is 0 Å². The van der Waals surface area contributed by atoms with Crippen LogP contribution in [0.15, 0.2) is 42.5 Å². The van der Waals surface area contributed by atoms with Crippen LogP contribution in [0.4, 0.5) is 18.9 Å². The topological polar surface area (TPSA) is 96.9 Å². The molecule has 0 saturated heterocycles. The Balaban J connectivity index is 1.45. The van der Waals surface area contributed by atoms with E-state index in [2.05, 4.69) is 10.6 Å². The smallest absolute Gasteiger partial charge is 0.416 e. The van der Waals surface area contributed by atoms with Crippen LogP contribution in [0.3, 0.4) is 0 Å². The van der Waals surface area contributed by atoms with Crippen LogP contribution < -0.4 is 20.1 Å². The number of carbonyl (C=O) groups is 2. The number of carbonyl (C=O) groups excluding carboxylic acids is 2. The highest BCUT2D eigenvalue weighted by Crippen LogP contribution is 2.34. The van der Waals surface area contributed by atoms with Gasteiger partial charge in [0.2, 0.25) is 6.79 Å². The van der Waals surface area contributed by atoms with Crippen molar-refractivity contribution in [2.45, 2.75) is 18.7 Å². The lowest BCUT2D eigenvalue weighted by Gasteiger charge is -2.12. The maximum absolute atomic E-state index is 12.5. The lowest BCUT2D eigenvalue weighted by atomic mass is 10.1. The number of hydrogen-bond donors (Lipinski definition) is 3. The van der Waals surface area contributed by atoms with E-state index in [9.17, 15) is 27.9 Å². The first-order valence-electron chi connectivity index (χ1n) is 8.58. The Bertz CT molecular complexity index is 900. The molecule has 1 aliphatic rings. The summed E-state index contributed by atoms with van der Waals surface area (Å²) in [5.41, 5.74) is -0.242.